The van der Waals surface area contributed by atoms with Crippen LogP contribution in [0.1, 0.15) is 18.1 Å². The highest BCUT2D eigenvalue weighted by atomic mass is 16.5. The number of benzene rings is 2. The van der Waals surface area contributed by atoms with Gasteiger partial charge in [-0.1, -0.05) is 67.3 Å². The molecule has 0 saturated heterocycles. The van der Waals surface area contributed by atoms with Crippen LogP contribution >= 0.6 is 0 Å². The van der Waals surface area contributed by atoms with Gasteiger partial charge in [-0.3, -0.25) is 0 Å². The predicted molar refractivity (Wildman–Crippen MR) is 99.4 cm³/mol. The van der Waals surface area contributed by atoms with Crippen molar-refractivity contribution in [1.29, 1.82) is 0 Å². The van der Waals surface area contributed by atoms with Crippen LogP contribution < -0.4 is 0 Å². The lowest BCUT2D eigenvalue weighted by Gasteiger charge is -1.98. The van der Waals surface area contributed by atoms with Gasteiger partial charge in [0.05, 0.1) is 7.11 Å². The van der Waals surface area contributed by atoms with Crippen molar-refractivity contribution in [3.63, 3.8) is 0 Å². The van der Waals surface area contributed by atoms with Crippen LogP contribution in [-0.4, -0.2) is 18.2 Å². The average Bonchev–Trinajstić information content (AvgIpc) is 2.63. The fourth-order valence-electron chi connectivity index (χ4n) is 1.77. The number of allylic oxidation sites excluding steroid dienone is 3. The van der Waals surface area contributed by atoms with Gasteiger partial charge in [0.1, 0.15) is 5.75 Å². The maximum atomic E-state index is 9.84. The van der Waals surface area contributed by atoms with E-state index in [4.69, 9.17) is 0 Å². The average molecular weight is 322 g/mol. The largest absolute Gasteiger partial charge is 0.508 e. The Morgan fingerprint density at radius 3 is 2.21 bits per heavy atom. The Kier molecular flexibility index (Phi) is 8.40. The van der Waals surface area contributed by atoms with Gasteiger partial charge in [0.2, 0.25) is 0 Å². The molecule has 24 heavy (non-hydrogen) atoms. The highest BCUT2D eigenvalue weighted by Gasteiger charge is 1.91. The third kappa shape index (κ3) is 7.27. The maximum Gasteiger partial charge on any atom is 0.329 e. The summed E-state index contributed by atoms with van der Waals surface area (Å²) in [5, 5.41) is 9.18. The molecule has 0 radical (unpaired) electrons. The lowest BCUT2D eigenvalue weighted by molar-refractivity contribution is -0.134. The van der Waals surface area contributed by atoms with Gasteiger partial charge in [0.25, 0.3) is 0 Å². The van der Waals surface area contributed by atoms with Gasteiger partial charge in [-0.2, -0.15) is 0 Å². The van der Waals surface area contributed by atoms with Crippen LogP contribution in [-0.2, 0) is 9.53 Å². The summed E-state index contributed by atoms with van der Waals surface area (Å²) in [7, 11) is 1.31. The standard InChI is InChI=1S/C17H16O.C4H6O2/c1-14(16-8-3-2-4-9-16)6-5-7-15-10-12-17(18)13-11-15;1-3-4(5)6-2/h2-13,18H,1H3;3H,1H2,2H3. The Hall–Kier alpha value is -3.07. The molecule has 2 rings (SSSR count). The van der Waals surface area contributed by atoms with Crippen molar-refractivity contribution >= 4 is 17.6 Å². The first-order valence-corrected chi connectivity index (χ1v) is 7.46. The lowest BCUT2D eigenvalue weighted by atomic mass is 10.1. The van der Waals surface area contributed by atoms with Gasteiger partial charge in [-0.05, 0) is 35.8 Å². The molecule has 3 nitrogen and oxygen atoms in total. The number of methoxy groups -OCH3 is 1. The van der Waals surface area contributed by atoms with Gasteiger partial charge in [0, 0.05) is 6.08 Å². The van der Waals surface area contributed by atoms with Gasteiger partial charge in [0.15, 0.2) is 0 Å². The van der Waals surface area contributed by atoms with Crippen molar-refractivity contribution < 1.29 is 14.6 Å². The zero-order valence-electron chi connectivity index (χ0n) is 14.0. The Morgan fingerprint density at radius 1 is 1.08 bits per heavy atom. The SMILES string of the molecule is C=CC(=O)OC.CC(=CC=Cc1ccc(O)cc1)c1ccccc1. The number of rotatable bonds is 4. The van der Waals surface area contributed by atoms with Gasteiger partial charge >= 0.3 is 5.97 Å². The fourth-order valence-corrected chi connectivity index (χ4v) is 1.77. The van der Waals surface area contributed by atoms with E-state index in [1.165, 1.54) is 18.2 Å². The van der Waals surface area contributed by atoms with E-state index >= 15 is 0 Å². The van der Waals surface area contributed by atoms with E-state index in [2.05, 4.69) is 36.4 Å². The molecule has 0 aliphatic carbocycles. The minimum absolute atomic E-state index is 0.295. The fraction of sp³-hybridized carbons (Fsp3) is 0.0952. The second kappa shape index (κ2) is 10.6. The Balaban J connectivity index is 0.000000413. The van der Waals surface area contributed by atoms with Crippen molar-refractivity contribution in [2.45, 2.75) is 6.92 Å². The highest BCUT2D eigenvalue weighted by Crippen LogP contribution is 2.14. The summed E-state index contributed by atoms with van der Waals surface area (Å²) in [5.41, 5.74) is 3.53. The molecule has 2 aromatic carbocycles. The highest BCUT2D eigenvalue weighted by molar-refractivity contribution is 5.80. The van der Waals surface area contributed by atoms with Crippen molar-refractivity contribution in [3.05, 3.63) is 90.5 Å². The molecule has 0 saturated carbocycles. The van der Waals surface area contributed by atoms with E-state index in [1.807, 2.05) is 42.5 Å². The summed E-state index contributed by atoms with van der Waals surface area (Å²) in [5.74, 6) is -0.0989. The smallest absolute Gasteiger partial charge is 0.329 e. The molecule has 0 atom stereocenters. The number of phenolic OH excluding ortho intramolecular Hbond substituents is 1. The van der Waals surface area contributed by atoms with E-state index in [-0.39, 0.29) is 0 Å². The Morgan fingerprint density at radius 2 is 1.71 bits per heavy atom. The maximum absolute atomic E-state index is 9.84. The molecule has 0 unspecified atom stereocenters. The molecule has 0 heterocycles. The molecule has 0 aliphatic rings. The van der Waals surface area contributed by atoms with E-state index in [9.17, 15) is 9.90 Å². The van der Waals surface area contributed by atoms with E-state index in [0.717, 1.165) is 11.6 Å². The second-order valence-electron chi connectivity index (χ2n) is 4.89. The second-order valence-corrected chi connectivity index (χ2v) is 4.89. The molecule has 3 heteroatoms. The van der Waals surface area contributed by atoms with Crippen LogP contribution in [0.25, 0.3) is 11.6 Å². The molecule has 0 aromatic heterocycles. The summed E-state index contributed by atoms with van der Waals surface area (Å²) >= 11 is 0. The first kappa shape index (κ1) is 19.0. The number of carbonyl (C=O) groups excluding carboxylic acids is 1. The van der Waals surface area contributed by atoms with E-state index in [1.54, 1.807) is 12.1 Å². The third-order valence-corrected chi connectivity index (χ3v) is 3.12. The van der Waals surface area contributed by atoms with Crippen molar-refractivity contribution in [2.75, 3.05) is 7.11 Å². The topological polar surface area (TPSA) is 46.5 Å². The van der Waals surface area contributed by atoms with Crippen molar-refractivity contribution in [1.82, 2.24) is 0 Å². The third-order valence-electron chi connectivity index (χ3n) is 3.12. The number of carbonyl (C=O) groups is 1. The van der Waals surface area contributed by atoms with Crippen molar-refractivity contribution in [3.8, 4) is 5.75 Å². The first-order chi connectivity index (χ1) is 11.6. The van der Waals surface area contributed by atoms with Crippen LogP contribution in [0.15, 0.2) is 79.4 Å². The summed E-state index contributed by atoms with van der Waals surface area (Å²) < 4.78 is 4.14. The number of phenols is 1. The van der Waals surface area contributed by atoms with Crippen LogP contribution in [0.3, 0.4) is 0 Å². The molecule has 0 aliphatic heterocycles. The molecular formula is C21H22O3. The quantitative estimate of drug-likeness (QED) is 0.497. The minimum Gasteiger partial charge on any atom is -0.508 e. The Bertz CT molecular complexity index is 696. The zero-order chi connectivity index (χ0) is 17.8. The summed E-state index contributed by atoms with van der Waals surface area (Å²) in [4.78, 5) is 9.84. The summed E-state index contributed by atoms with van der Waals surface area (Å²) in [6.07, 6.45) is 7.24. The number of ether oxygens (including phenoxy) is 1. The minimum atomic E-state index is -0.394. The monoisotopic (exact) mass is 322 g/mol. The molecule has 0 bridgehead atoms. The van der Waals surface area contributed by atoms with Gasteiger partial charge < -0.3 is 9.84 Å². The molecule has 0 amide bonds. The zero-order valence-corrected chi connectivity index (χ0v) is 14.0. The van der Waals surface area contributed by atoms with Crippen LogP contribution in [0.2, 0.25) is 0 Å². The van der Waals surface area contributed by atoms with E-state index < -0.39 is 5.97 Å². The predicted octanol–water partition coefficient (Wildman–Crippen LogP) is 4.85. The van der Waals surface area contributed by atoms with Crippen LogP contribution in [0, 0.1) is 0 Å². The molecule has 0 spiro atoms. The summed E-state index contributed by atoms with van der Waals surface area (Å²) in [6.45, 7) is 5.25. The Labute approximate surface area is 143 Å². The molecule has 124 valence electrons. The lowest BCUT2D eigenvalue weighted by Crippen LogP contribution is -1.91. The van der Waals surface area contributed by atoms with Gasteiger partial charge in [-0.15, -0.1) is 0 Å². The number of aromatic hydroxyl groups is 1. The molecular weight excluding hydrogens is 300 g/mol. The van der Waals surface area contributed by atoms with E-state index in [0.29, 0.717) is 5.75 Å². The number of esters is 1. The van der Waals surface area contributed by atoms with Crippen LogP contribution in [0.5, 0.6) is 5.75 Å². The molecule has 0 fully saturated rings. The first-order valence-electron chi connectivity index (χ1n) is 7.46. The van der Waals surface area contributed by atoms with Crippen molar-refractivity contribution in [2.24, 2.45) is 0 Å². The molecule has 2 aromatic rings. The van der Waals surface area contributed by atoms with Crippen LogP contribution in [0.4, 0.5) is 0 Å². The number of hydrogen-bond donors (Lipinski definition) is 1. The summed E-state index contributed by atoms with van der Waals surface area (Å²) in [6, 6.07) is 17.4. The normalized spacial score (nSPS) is 10.7. The molecule has 1 N–H and O–H groups in total. The number of hydrogen-bond acceptors (Lipinski definition) is 3. The van der Waals surface area contributed by atoms with Gasteiger partial charge in [-0.25, -0.2) is 4.79 Å².